The second-order valence-electron chi connectivity index (χ2n) is 6.82. The van der Waals surface area contributed by atoms with Gasteiger partial charge >= 0.3 is 0 Å². The number of hydrogen-bond donors (Lipinski definition) is 1. The molecule has 1 N–H and O–H groups in total. The van der Waals surface area contributed by atoms with Gasteiger partial charge in [0.2, 0.25) is 0 Å². The third kappa shape index (κ3) is 10.8. The number of halogens is 2. The van der Waals surface area contributed by atoms with Gasteiger partial charge in [-0.3, -0.25) is 4.99 Å². The van der Waals surface area contributed by atoms with Gasteiger partial charge in [0.05, 0.1) is 25.9 Å². The van der Waals surface area contributed by atoms with Crippen molar-refractivity contribution in [2.75, 3.05) is 53.1 Å². The van der Waals surface area contributed by atoms with Crippen molar-refractivity contribution in [3.8, 4) is 0 Å². The van der Waals surface area contributed by atoms with E-state index in [2.05, 4.69) is 17.1 Å². The van der Waals surface area contributed by atoms with Crippen LogP contribution in [-0.2, 0) is 20.8 Å². The number of rotatable bonds is 11. The molecule has 0 unspecified atom stereocenters. The molecule has 166 valence electrons. The minimum Gasteiger partial charge on any atom is -0.385 e. The minimum absolute atomic E-state index is 0. The molecule has 0 spiro atoms. The van der Waals surface area contributed by atoms with Crippen molar-refractivity contribution in [1.29, 1.82) is 0 Å². The number of aliphatic imine (C=N–C) groups is 1. The van der Waals surface area contributed by atoms with Gasteiger partial charge in [-0.2, -0.15) is 0 Å². The van der Waals surface area contributed by atoms with E-state index in [1.165, 1.54) is 0 Å². The molecule has 1 aromatic rings. The molecule has 1 saturated heterocycles. The number of ether oxygens (including phenoxy) is 3. The molecule has 1 heterocycles. The predicted octanol–water partition coefficient (Wildman–Crippen LogP) is 3.96. The number of likely N-dealkylation sites (tertiary alicyclic amines) is 1. The van der Waals surface area contributed by atoms with Crippen LogP contribution in [0.4, 0.5) is 0 Å². The largest absolute Gasteiger partial charge is 0.385 e. The summed E-state index contributed by atoms with van der Waals surface area (Å²) in [4.78, 5) is 7.04. The van der Waals surface area contributed by atoms with E-state index in [0.717, 1.165) is 68.7 Å². The molecule has 0 saturated carbocycles. The van der Waals surface area contributed by atoms with Gasteiger partial charge in [0, 0.05) is 45.0 Å². The van der Waals surface area contributed by atoms with Crippen LogP contribution in [0.2, 0.25) is 5.02 Å². The molecule has 1 aromatic carbocycles. The first-order valence-electron chi connectivity index (χ1n) is 10.2. The minimum atomic E-state index is 0. The molecule has 0 amide bonds. The van der Waals surface area contributed by atoms with E-state index in [4.69, 9.17) is 30.8 Å². The van der Waals surface area contributed by atoms with Crippen molar-refractivity contribution >= 4 is 41.5 Å². The fourth-order valence-electron chi connectivity index (χ4n) is 3.10. The molecule has 29 heavy (non-hydrogen) atoms. The molecule has 2 rings (SSSR count). The first kappa shape index (κ1) is 26.4. The lowest BCUT2D eigenvalue weighted by Crippen LogP contribution is -2.47. The summed E-state index contributed by atoms with van der Waals surface area (Å²) in [6.07, 6.45) is 3.37. The van der Waals surface area contributed by atoms with Crippen LogP contribution in [0.25, 0.3) is 0 Å². The first-order chi connectivity index (χ1) is 13.7. The molecule has 8 heteroatoms. The van der Waals surface area contributed by atoms with Gasteiger partial charge in [-0.1, -0.05) is 23.7 Å². The molecule has 1 aliphatic heterocycles. The highest BCUT2D eigenvalue weighted by Gasteiger charge is 2.21. The van der Waals surface area contributed by atoms with Crippen LogP contribution >= 0.6 is 35.6 Å². The van der Waals surface area contributed by atoms with Crippen molar-refractivity contribution in [2.24, 2.45) is 4.99 Å². The maximum atomic E-state index is 5.94. The summed E-state index contributed by atoms with van der Waals surface area (Å²) < 4.78 is 16.7. The SMILES string of the molecule is CCNC(=NCCOCc1ccc(Cl)cc1)N1CCC(OCCCOC)CC1.I. The van der Waals surface area contributed by atoms with E-state index in [1.54, 1.807) is 7.11 Å². The Bertz CT molecular complexity index is 567. The van der Waals surface area contributed by atoms with Crippen LogP contribution in [0.3, 0.4) is 0 Å². The summed E-state index contributed by atoms with van der Waals surface area (Å²) in [5.41, 5.74) is 1.12. The van der Waals surface area contributed by atoms with Gasteiger partial charge < -0.3 is 24.4 Å². The lowest BCUT2D eigenvalue weighted by Gasteiger charge is -2.34. The van der Waals surface area contributed by atoms with Crippen LogP contribution in [-0.4, -0.2) is 70.1 Å². The summed E-state index contributed by atoms with van der Waals surface area (Å²) in [5.74, 6) is 0.968. The zero-order valence-electron chi connectivity index (χ0n) is 17.6. The van der Waals surface area contributed by atoms with E-state index in [-0.39, 0.29) is 24.0 Å². The molecule has 0 aromatic heterocycles. The number of benzene rings is 1. The highest BCUT2D eigenvalue weighted by atomic mass is 127. The number of nitrogens with one attached hydrogen (secondary N) is 1. The lowest BCUT2D eigenvalue weighted by molar-refractivity contribution is 0.00987. The zero-order valence-corrected chi connectivity index (χ0v) is 20.7. The Morgan fingerprint density at radius 1 is 1.17 bits per heavy atom. The Morgan fingerprint density at radius 2 is 1.90 bits per heavy atom. The molecule has 0 radical (unpaired) electrons. The highest BCUT2D eigenvalue weighted by Crippen LogP contribution is 2.14. The van der Waals surface area contributed by atoms with E-state index in [1.807, 2.05) is 24.3 Å². The van der Waals surface area contributed by atoms with Gasteiger partial charge in [0.25, 0.3) is 0 Å². The first-order valence-corrected chi connectivity index (χ1v) is 10.6. The van der Waals surface area contributed by atoms with Crippen LogP contribution in [0, 0.1) is 0 Å². The number of hydrogen-bond acceptors (Lipinski definition) is 4. The lowest BCUT2D eigenvalue weighted by atomic mass is 10.1. The van der Waals surface area contributed by atoms with Crippen LogP contribution in [0.5, 0.6) is 0 Å². The molecule has 1 fully saturated rings. The summed E-state index contributed by atoms with van der Waals surface area (Å²) >= 11 is 5.90. The van der Waals surface area contributed by atoms with Gasteiger partial charge in [0.1, 0.15) is 0 Å². The molecule has 0 atom stereocenters. The summed E-state index contributed by atoms with van der Waals surface area (Å²) in [6.45, 7) is 8.23. The Kier molecular flexibility index (Phi) is 14.7. The van der Waals surface area contributed by atoms with Gasteiger partial charge in [-0.25, -0.2) is 0 Å². The second kappa shape index (κ2) is 16.1. The monoisotopic (exact) mass is 539 g/mol. The summed E-state index contributed by atoms with van der Waals surface area (Å²) in [5, 5.41) is 4.13. The molecule has 0 bridgehead atoms. The summed E-state index contributed by atoms with van der Waals surface area (Å²) in [6, 6.07) is 7.73. The second-order valence-corrected chi connectivity index (χ2v) is 7.25. The van der Waals surface area contributed by atoms with E-state index in [9.17, 15) is 0 Å². The Balaban J connectivity index is 0.00000420. The van der Waals surface area contributed by atoms with Crippen LogP contribution in [0.1, 0.15) is 31.7 Å². The number of guanidine groups is 1. The maximum Gasteiger partial charge on any atom is 0.193 e. The average molecular weight is 540 g/mol. The third-order valence-corrected chi connectivity index (χ3v) is 4.85. The third-order valence-electron chi connectivity index (χ3n) is 4.60. The van der Waals surface area contributed by atoms with Gasteiger partial charge in [0.15, 0.2) is 5.96 Å². The van der Waals surface area contributed by atoms with Crippen molar-refractivity contribution in [3.05, 3.63) is 34.9 Å². The molecular weight excluding hydrogens is 505 g/mol. The number of piperidine rings is 1. The number of nitrogens with zero attached hydrogens (tertiary/aromatic N) is 2. The quantitative estimate of drug-likeness (QED) is 0.200. The van der Waals surface area contributed by atoms with Crippen LogP contribution < -0.4 is 5.32 Å². The predicted molar refractivity (Wildman–Crippen MR) is 130 cm³/mol. The fourth-order valence-corrected chi connectivity index (χ4v) is 3.23. The number of methoxy groups -OCH3 is 1. The standard InChI is InChI=1S/C21H34ClN3O3.HI/c1-3-23-21(24-11-16-27-17-18-5-7-19(22)8-6-18)25-12-9-20(10-13-25)28-15-4-14-26-2;/h5-8,20H,3-4,9-17H2,1-2H3,(H,23,24);1H. The van der Waals surface area contributed by atoms with Crippen LogP contribution in [0.15, 0.2) is 29.3 Å². The fraction of sp³-hybridized carbons (Fsp3) is 0.667. The van der Waals surface area contributed by atoms with Gasteiger partial charge in [-0.15, -0.1) is 24.0 Å². The van der Waals surface area contributed by atoms with Crippen molar-refractivity contribution < 1.29 is 14.2 Å². The van der Waals surface area contributed by atoms with Crippen molar-refractivity contribution in [1.82, 2.24) is 10.2 Å². The Labute approximate surface area is 197 Å². The molecule has 6 nitrogen and oxygen atoms in total. The Hall–Kier alpha value is -0.610. The van der Waals surface area contributed by atoms with Crippen molar-refractivity contribution in [2.45, 2.75) is 38.9 Å². The molecular formula is C21H35ClIN3O3. The molecule has 1 aliphatic rings. The van der Waals surface area contributed by atoms with Crippen molar-refractivity contribution in [3.63, 3.8) is 0 Å². The zero-order chi connectivity index (χ0) is 20.0. The normalized spacial score (nSPS) is 15.3. The average Bonchev–Trinajstić information content (AvgIpc) is 2.72. The summed E-state index contributed by atoms with van der Waals surface area (Å²) in [7, 11) is 1.73. The van der Waals surface area contributed by atoms with E-state index >= 15 is 0 Å². The van der Waals surface area contributed by atoms with E-state index in [0.29, 0.717) is 25.9 Å². The Morgan fingerprint density at radius 3 is 2.55 bits per heavy atom. The molecule has 0 aliphatic carbocycles. The smallest absolute Gasteiger partial charge is 0.193 e. The van der Waals surface area contributed by atoms with Gasteiger partial charge in [-0.05, 0) is 43.9 Å². The highest BCUT2D eigenvalue weighted by molar-refractivity contribution is 14.0. The topological polar surface area (TPSA) is 55.3 Å². The van der Waals surface area contributed by atoms with E-state index < -0.39 is 0 Å². The maximum absolute atomic E-state index is 5.94.